The number of aromatic nitrogens is 2. The second kappa shape index (κ2) is 11.4. The first-order chi connectivity index (χ1) is 18.7. The van der Waals surface area contributed by atoms with Gasteiger partial charge in [0, 0.05) is 31.1 Å². The number of para-hydroxylation sites is 1. The van der Waals surface area contributed by atoms with Gasteiger partial charge in [0.05, 0.1) is 22.6 Å². The molecule has 1 aliphatic rings. The van der Waals surface area contributed by atoms with Gasteiger partial charge in [-0.05, 0) is 80.6 Å². The molecule has 4 aromatic rings. The number of anilines is 2. The molecule has 1 fully saturated rings. The second-order valence-corrected chi connectivity index (χ2v) is 10.6. The zero-order chi connectivity index (χ0) is 27.6. The van der Waals surface area contributed by atoms with Crippen LogP contribution in [0.3, 0.4) is 0 Å². The van der Waals surface area contributed by atoms with Crippen LogP contribution in [0.1, 0.15) is 37.0 Å². The fourth-order valence-electron chi connectivity index (χ4n) is 5.07. The van der Waals surface area contributed by atoms with Crippen LogP contribution in [-0.2, 0) is 12.7 Å². The van der Waals surface area contributed by atoms with E-state index in [1.807, 2.05) is 49.3 Å². The molecule has 0 atom stereocenters. The predicted octanol–water partition coefficient (Wildman–Crippen LogP) is 7.39. The van der Waals surface area contributed by atoms with E-state index in [4.69, 9.17) is 26.0 Å². The minimum Gasteiger partial charge on any atom is -0.460 e. The molecular formula is C29H31ClF3N5O. The van der Waals surface area contributed by atoms with Crippen LogP contribution >= 0.6 is 11.6 Å². The lowest BCUT2D eigenvalue weighted by Gasteiger charge is -2.29. The van der Waals surface area contributed by atoms with E-state index in [2.05, 4.69) is 10.6 Å². The van der Waals surface area contributed by atoms with E-state index in [9.17, 15) is 13.2 Å². The van der Waals surface area contributed by atoms with E-state index in [0.29, 0.717) is 41.5 Å². The Balaban J connectivity index is 1.10. The van der Waals surface area contributed by atoms with Crippen LogP contribution in [0.15, 0.2) is 59.0 Å². The number of hydrogen-bond acceptors (Lipinski definition) is 6. The largest absolute Gasteiger partial charge is 0.460 e. The molecule has 2 N–H and O–H groups in total. The number of alkyl halides is 3. The first-order valence-electron chi connectivity index (χ1n) is 13.0. The maximum Gasteiger partial charge on any atom is 0.416 e. The van der Waals surface area contributed by atoms with E-state index in [1.165, 1.54) is 6.07 Å². The minimum atomic E-state index is -4.44. The zero-order valence-electron chi connectivity index (χ0n) is 21.9. The van der Waals surface area contributed by atoms with Crippen molar-refractivity contribution in [3.63, 3.8) is 0 Å². The molecule has 6 nitrogen and oxygen atoms in total. The highest BCUT2D eigenvalue weighted by molar-refractivity contribution is 6.33. The Morgan fingerprint density at radius 3 is 2.49 bits per heavy atom. The molecular weight excluding hydrogens is 527 g/mol. The number of halogens is 4. The van der Waals surface area contributed by atoms with Crippen LogP contribution in [0.25, 0.3) is 22.2 Å². The highest BCUT2D eigenvalue weighted by atomic mass is 35.5. The molecule has 0 unspecified atom stereocenters. The fourth-order valence-corrected chi connectivity index (χ4v) is 5.34. The standard InChI is InChI=1S/C29H31ClF3N5O/c1-38(2)27-23-5-3-4-6-25(23)36-28(37-27)35-20-10-7-18(8-11-20)16-34-17-21-12-14-26(39-21)22-13-9-19(15-24(22)30)29(31,32)33/h3-6,9,12-15,18,20,34H,7-8,10-11,16-17H2,1-2H3,(H,35,36,37)/t18-,20+. The molecule has 2 heterocycles. The third kappa shape index (κ3) is 6.47. The molecule has 0 radical (unpaired) electrons. The molecule has 39 heavy (non-hydrogen) atoms. The molecule has 2 aromatic carbocycles. The molecule has 1 saturated carbocycles. The molecule has 1 aliphatic carbocycles. The first kappa shape index (κ1) is 27.3. The van der Waals surface area contributed by atoms with Gasteiger partial charge in [-0.25, -0.2) is 4.98 Å². The summed E-state index contributed by atoms with van der Waals surface area (Å²) < 4.78 is 44.6. The Morgan fingerprint density at radius 2 is 1.77 bits per heavy atom. The Morgan fingerprint density at radius 1 is 1.00 bits per heavy atom. The van der Waals surface area contributed by atoms with Crippen molar-refractivity contribution >= 4 is 34.3 Å². The molecule has 10 heteroatoms. The van der Waals surface area contributed by atoms with E-state index >= 15 is 0 Å². The number of fused-ring (bicyclic) bond motifs is 1. The summed E-state index contributed by atoms with van der Waals surface area (Å²) in [6.45, 7) is 1.40. The minimum absolute atomic E-state index is 0.0103. The molecule has 0 saturated heterocycles. The SMILES string of the molecule is CN(C)c1nc(N[C@H]2CC[C@@H](CNCc3ccc(-c4ccc(C(F)(F)F)cc4Cl)o3)CC2)nc2ccccc12. The molecule has 0 aliphatic heterocycles. The van der Waals surface area contributed by atoms with Gasteiger partial charge in [-0.15, -0.1) is 0 Å². The lowest BCUT2D eigenvalue weighted by molar-refractivity contribution is -0.137. The van der Waals surface area contributed by atoms with E-state index in [-0.39, 0.29) is 5.02 Å². The van der Waals surface area contributed by atoms with Crippen molar-refractivity contribution in [3.05, 3.63) is 70.9 Å². The Labute approximate surface area is 230 Å². The van der Waals surface area contributed by atoms with Crippen molar-refractivity contribution < 1.29 is 17.6 Å². The van der Waals surface area contributed by atoms with Gasteiger partial charge < -0.3 is 20.0 Å². The summed E-state index contributed by atoms with van der Waals surface area (Å²) in [7, 11) is 3.98. The second-order valence-electron chi connectivity index (χ2n) is 10.2. The summed E-state index contributed by atoms with van der Waals surface area (Å²) in [4.78, 5) is 11.5. The number of nitrogens with zero attached hydrogens (tertiary/aromatic N) is 3. The van der Waals surface area contributed by atoms with Gasteiger partial charge in [0.15, 0.2) is 0 Å². The first-order valence-corrected chi connectivity index (χ1v) is 13.4. The average Bonchev–Trinajstić information content (AvgIpc) is 3.37. The zero-order valence-corrected chi connectivity index (χ0v) is 22.6. The highest BCUT2D eigenvalue weighted by Gasteiger charge is 2.31. The van der Waals surface area contributed by atoms with Gasteiger partial charge in [0.25, 0.3) is 0 Å². The molecule has 5 rings (SSSR count). The van der Waals surface area contributed by atoms with Crippen LogP contribution in [0.5, 0.6) is 0 Å². The number of nitrogens with one attached hydrogen (secondary N) is 2. The third-order valence-corrected chi connectivity index (χ3v) is 7.46. The number of rotatable bonds is 8. The number of furan rings is 1. The summed E-state index contributed by atoms with van der Waals surface area (Å²) in [5.74, 6) is 3.28. The van der Waals surface area contributed by atoms with Crippen LogP contribution in [-0.4, -0.2) is 36.6 Å². The van der Waals surface area contributed by atoms with Gasteiger partial charge in [0.2, 0.25) is 5.95 Å². The van der Waals surface area contributed by atoms with Crippen LogP contribution in [0.4, 0.5) is 24.9 Å². The van der Waals surface area contributed by atoms with E-state index in [0.717, 1.165) is 61.1 Å². The van der Waals surface area contributed by atoms with E-state index < -0.39 is 11.7 Å². The van der Waals surface area contributed by atoms with Gasteiger partial charge in [-0.1, -0.05) is 23.7 Å². The topological polar surface area (TPSA) is 66.2 Å². The van der Waals surface area contributed by atoms with Crippen molar-refractivity contribution in [2.24, 2.45) is 5.92 Å². The Hall–Kier alpha value is -3.30. The normalized spacial score (nSPS) is 17.9. The summed E-state index contributed by atoms with van der Waals surface area (Å²) >= 11 is 6.10. The summed E-state index contributed by atoms with van der Waals surface area (Å²) in [6.07, 6.45) is -0.184. The van der Waals surface area contributed by atoms with Crippen molar-refractivity contribution in [1.29, 1.82) is 0 Å². The summed E-state index contributed by atoms with van der Waals surface area (Å²) in [5.41, 5.74) is 0.589. The number of benzene rings is 2. The molecule has 0 amide bonds. The third-order valence-electron chi connectivity index (χ3n) is 7.14. The Bertz CT molecular complexity index is 1430. The quantitative estimate of drug-likeness (QED) is 0.235. The van der Waals surface area contributed by atoms with Crippen LogP contribution in [0.2, 0.25) is 5.02 Å². The predicted molar refractivity (Wildman–Crippen MR) is 149 cm³/mol. The van der Waals surface area contributed by atoms with Gasteiger partial charge in [-0.2, -0.15) is 18.2 Å². The van der Waals surface area contributed by atoms with Crippen molar-refractivity contribution in [3.8, 4) is 11.3 Å². The van der Waals surface area contributed by atoms with Crippen LogP contribution < -0.4 is 15.5 Å². The van der Waals surface area contributed by atoms with Crippen molar-refractivity contribution in [1.82, 2.24) is 15.3 Å². The Kier molecular flexibility index (Phi) is 8.00. The maximum atomic E-state index is 12.9. The monoisotopic (exact) mass is 557 g/mol. The van der Waals surface area contributed by atoms with E-state index in [1.54, 1.807) is 6.07 Å². The molecule has 206 valence electrons. The smallest absolute Gasteiger partial charge is 0.416 e. The average molecular weight is 558 g/mol. The van der Waals surface area contributed by atoms with Gasteiger partial charge in [0.1, 0.15) is 17.3 Å². The summed E-state index contributed by atoms with van der Waals surface area (Å²) in [5, 5.41) is 8.05. The molecule has 2 aromatic heterocycles. The molecule has 0 spiro atoms. The lowest BCUT2D eigenvalue weighted by atomic mass is 9.86. The van der Waals surface area contributed by atoms with Crippen molar-refractivity contribution in [2.45, 2.75) is 44.4 Å². The van der Waals surface area contributed by atoms with Gasteiger partial charge >= 0.3 is 6.18 Å². The van der Waals surface area contributed by atoms with Gasteiger partial charge in [-0.3, -0.25) is 0 Å². The highest BCUT2D eigenvalue weighted by Crippen LogP contribution is 2.36. The lowest BCUT2D eigenvalue weighted by Crippen LogP contribution is -2.31. The molecule has 0 bridgehead atoms. The number of hydrogen-bond donors (Lipinski definition) is 2. The fraction of sp³-hybridized carbons (Fsp3) is 0.379. The maximum absolute atomic E-state index is 12.9. The summed E-state index contributed by atoms with van der Waals surface area (Å²) in [6, 6.07) is 15.2. The van der Waals surface area contributed by atoms with Crippen LogP contribution in [0, 0.1) is 5.92 Å². The van der Waals surface area contributed by atoms with Crippen molar-refractivity contribution in [2.75, 3.05) is 30.9 Å².